The lowest BCUT2D eigenvalue weighted by atomic mass is 10.1. The van der Waals surface area contributed by atoms with E-state index >= 15 is 0 Å². The zero-order chi connectivity index (χ0) is 10.1. The highest BCUT2D eigenvalue weighted by Gasteiger charge is 2.09. The topological polar surface area (TPSA) is 16.8 Å². The maximum atomic E-state index is 4.39. The first-order valence-electron chi connectivity index (χ1n) is 4.96. The van der Waals surface area contributed by atoms with Crippen molar-refractivity contribution in [1.82, 2.24) is 4.98 Å². The Labute approximate surface area is 84.2 Å². The molecule has 0 atom stereocenters. The predicted octanol–water partition coefficient (Wildman–Crippen LogP) is 1.93. The summed E-state index contributed by atoms with van der Waals surface area (Å²) in [5.41, 5.74) is 3.73. The summed E-state index contributed by atoms with van der Waals surface area (Å²) >= 11 is 0. The molecule has 0 aliphatic carbocycles. The van der Waals surface area contributed by atoms with Gasteiger partial charge in [0, 0.05) is 6.42 Å². The van der Waals surface area contributed by atoms with Crippen molar-refractivity contribution in [2.75, 3.05) is 0 Å². The van der Waals surface area contributed by atoms with E-state index in [0.717, 1.165) is 11.9 Å². The van der Waals surface area contributed by atoms with E-state index in [-0.39, 0.29) is 0 Å². The molecule has 72 valence electrons. The van der Waals surface area contributed by atoms with Gasteiger partial charge in [0.15, 0.2) is 5.52 Å². The average Bonchev–Trinajstić information content (AvgIpc) is 2.17. The first-order valence-corrected chi connectivity index (χ1v) is 4.96. The molecule has 0 bridgehead atoms. The normalized spacial score (nSPS) is 10.8. The third-order valence-corrected chi connectivity index (χ3v) is 2.59. The number of fused-ring (bicyclic) bond motifs is 1. The van der Waals surface area contributed by atoms with Crippen LogP contribution in [0.1, 0.15) is 18.2 Å². The molecule has 0 N–H and O–H groups in total. The molecule has 0 amide bonds. The van der Waals surface area contributed by atoms with Gasteiger partial charge in [0.05, 0.1) is 12.4 Å². The van der Waals surface area contributed by atoms with Crippen LogP contribution in [0, 0.1) is 6.92 Å². The quantitative estimate of drug-likeness (QED) is 0.623. The highest BCUT2D eigenvalue weighted by atomic mass is 15.0. The van der Waals surface area contributed by atoms with Gasteiger partial charge in [0.2, 0.25) is 0 Å². The van der Waals surface area contributed by atoms with Gasteiger partial charge >= 0.3 is 0 Å². The minimum Gasteiger partial charge on any atom is -0.236 e. The van der Waals surface area contributed by atoms with Gasteiger partial charge < -0.3 is 0 Å². The van der Waals surface area contributed by atoms with Crippen molar-refractivity contribution in [3.8, 4) is 0 Å². The van der Waals surface area contributed by atoms with E-state index in [0.29, 0.717) is 0 Å². The third-order valence-electron chi connectivity index (χ3n) is 2.59. The molecule has 0 spiro atoms. The minimum atomic E-state index is 1.04. The van der Waals surface area contributed by atoms with E-state index < -0.39 is 0 Å². The molecule has 1 heterocycles. The summed E-state index contributed by atoms with van der Waals surface area (Å²) in [7, 11) is 2.05. The summed E-state index contributed by atoms with van der Waals surface area (Å²) in [5, 5.41) is 1.28. The molecule has 0 fully saturated rings. The van der Waals surface area contributed by atoms with Gasteiger partial charge in [-0.05, 0) is 24.0 Å². The Hall–Kier alpha value is -1.44. The van der Waals surface area contributed by atoms with Gasteiger partial charge in [-0.1, -0.05) is 18.6 Å². The zero-order valence-corrected chi connectivity index (χ0v) is 8.91. The van der Waals surface area contributed by atoms with Crippen LogP contribution in [0.15, 0.2) is 24.5 Å². The second kappa shape index (κ2) is 3.37. The van der Waals surface area contributed by atoms with Crippen molar-refractivity contribution in [3.05, 3.63) is 35.8 Å². The van der Waals surface area contributed by atoms with Crippen LogP contribution < -0.4 is 4.57 Å². The van der Waals surface area contributed by atoms with E-state index in [1.165, 1.54) is 16.6 Å². The average molecular weight is 187 g/mol. The number of hydrogen-bond acceptors (Lipinski definition) is 1. The standard InChI is InChI=1S/C12H15N2/c1-4-12-10-7-9(2)5-6-11(10)13-8-14(12)3/h5-8H,4H2,1-3H3/q+1. The Balaban J connectivity index is 2.84. The smallest absolute Gasteiger partial charge is 0.236 e. The van der Waals surface area contributed by atoms with Crippen LogP contribution >= 0.6 is 0 Å². The highest BCUT2D eigenvalue weighted by Crippen LogP contribution is 2.15. The van der Waals surface area contributed by atoms with Gasteiger partial charge in [-0.25, -0.2) is 4.57 Å². The minimum absolute atomic E-state index is 1.04. The summed E-state index contributed by atoms with van der Waals surface area (Å²) in [6.07, 6.45) is 2.93. The van der Waals surface area contributed by atoms with Crippen LogP contribution in [-0.4, -0.2) is 4.98 Å². The lowest BCUT2D eigenvalue weighted by Gasteiger charge is -2.02. The van der Waals surface area contributed by atoms with E-state index in [9.17, 15) is 0 Å². The van der Waals surface area contributed by atoms with Gasteiger partial charge in [0.25, 0.3) is 6.33 Å². The van der Waals surface area contributed by atoms with Crippen molar-refractivity contribution < 1.29 is 4.57 Å². The molecule has 0 saturated carbocycles. The molecule has 0 radical (unpaired) electrons. The molecular formula is C12H15N2+. The van der Waals surface area contributed by atoms with Crippen LogP contribution in [0.25, 0.3) is 10.9 Å². The highest BCUT2D eigenvalue weighted by molar-refractivity contribution is 5.80. The van der Waals surface area contributed by atoms with E-state index in [2.05, 4.69) is 41.6 Å². The predicted molar refractivity (Wildman–Crippen MR) is 57.0 cm³/mol. The van der Waals surface area contributed by atoms with E-state index in [1.807, 2.05) is 13.4 Å². The first-order chi connectivity index (χ1) is 6.72. The van der Waals surface area contributed by atoms with Crippen LogP contribution in [0.4, 0.5) is 0 Å². The molecule has 1 aromatic carbocycles. The maximum Gasteiger partial charge on any atom is 0.286 e. The molecule has 0 aliphatic heterocycles. The summed E-state index contributed by atoms with van der Waals surface area (Å²) in [6.45, 7) is 4.29. The molecule has 2 rings (SSSR count). The Morgan fingerprint density at radius 2 is 2.14 bits per heavy atom. The van der Waals surface area contributed by atoms with Crippen LogP contribution in [-0.2, 0) is 13.5 Å². The molecule has 0 saturated heterocycles. The molecule has 0 aliphatic rings. The van der Waals surface area contributed by atoms with Gasteiger partial charge in [-0.3, -0.25) is 0 Å². The lowest BCUT2D eigenvalue weighted by Crippen LogP contribution is -2.33. The number of rotatable bonds is 1. The van der Waals surface area contributed by atoms with Crippen molar-refractivity contribution in [2.24, 2.45) is 7.05 Å². The monoisotopic (exact) mass is 187 g/mol. The summed E-state index contributed by atoms with van der Waals surface area (Å²) in [4.78, 5) is 4.39. The third kappa shape index (κ3) is 1.37. The largest absolute Gasteiger partial charge is 0.286 e. The fourth-order valence-electron chi connectivity index (χ4n) is 1.84. The molecule has 2 nitrogen and oxygen atoms in total. The number of aryl methyl sites for hydroxylation is 3. The Kier molecular flexibility index (Phi) is 2.20. The Morgan fingerprint density at radius 1 is 1.36 bits per heavy atom. The van der Waals surface area contributed by atoms with Crippen molar-refractivity contribution in [1.29, 1.82) is 0 Å². The van der Waals surface area contributed by atoms with Crippen LogP contribution in [0.5, 0.6) is 0 Å². The Bertz CT molecular complexity index is 470. The van der Waals surface area contributed by atoms with Gasteiger partial charge in [-0.2, -0.15) is 0 Å². The SMILES string of the molecule is CCc1c2cc(C)ccc2nc[n+]1C. The zero-order valence-electron chi connectivity index (χ0n) is 8.91. The molecule has 1 aromatic heterocycles. The Morgan fingerprint density at radius 3 is 2.86 bits per heavy atom. The lowest BCUT2D eigenvalue weighted by molar-refractivity contribution is -0.680. The molecule has 2 aromatic rings. The number of benzene rings is 1. The summed E-state index contributed by atoms with van der Waals surface area (Å²) < 4.78 is 2.10. The van der Waals surface area contributed by atoms with E-state index in [1.54, 1.807) is 0 Å². The number of nitrogens with zero attached hydrogens (tertiary/aromatic N) is 2. The molecule has 2 heteroatoms. The van der Waals surface area contributed by atoms with Crippen molar-refractivity contribution in [2.45, 2.75) is 20.3 Å². The fraction of sp³-hybridized carbons (Fsp3) is 0.333. The second-order valence-electron chi connectivity index (χ2n) is 3.68. The van der Waals surface area contributed by atoms with Crippen molar-refractivity contribution in [3.63, 3.8) is 0 Å². The number of hydrogen-bond donors (Lipinski definition) is 0. The maximum absolute atomic E-state index is 4.39. The molecular weight excluding hydrogens is 172 g/mol. The summed E-state index contributed by atoms with van der Waals surface area (Å²) in [6, 6.07) is 6.40. The number of aromatic nitrogens is 2. The second-order valence-corrected chi connectivity index (χ2v) is 3.68. The molecule has 0 unspecified atom stereocenters. The van der Waals surface area contributed by atoms with Gasteiger partial charge in [0.1, 0.15) is 5.69 Å². The van der Waals surface area contributed by atoms with Crippen LogP contribution in [0.2, 0.25) is 0 Å². The first kappa shape index (κ1) is 9.13. The van der Waals surface area contributed by atoms with Crippen molar-refractivity contribution >= 4 is 10.9 Å². The fourth-order valence-corrected chi connectivity index (χ4v) is 1.84. The summed E-state index contributed by atoms with van der Waals surface area (Å²) in [5.74, 6) is 0. The molecule has 14 heavy (non-hydrogen) atoms. The van der Waals surface area contributed by atoms with Crippen LogP contribution in [0.3, 0.4) is 0 Å². The van der Waals surface area contributed by atoms with Gasteiger partial charge in [-0.15, -0.1) is 0 Å². The van der Waals surface area contributed by atoms with E-state index in [4.69, 9.17) is 0 Å².